The van der Waals surface area contributed by atoms with Gasteiger partial charge in [0.25, 0.3) is 0 Å². The maximum absolute atomic E-state index is 9.50. The number of anilines is 1. The van der Waals surface area contributed by atoms with Crippen molar-refractivity contribution in [2.24, 2.45) is 0 Å². The predicted octanol–water partition coefficient (Wildman–Crippen LogP) is 3.09. The first-order chi connectivity index (χ1) is 11.2. The lowest BCUT2D eigenvalue weighted by atomic mass is 10.2. The van der Waals surface area contributed by atoms with E-state index < -0.39 is 0 Å². The number of rotatable bonds is 3. The normalized spacial score (nSPS) is 15.4. The number of benzene rings is 1. The van der Waals surface area contributed by atoms with Gasteiger partial charge in [0.15, 0.2) is 5.82 Å². The Kier molecular flexibility index (Phi) is 4.46. The van der Waals surface area contributed by atoms with Crippen molar-refractivity contribution in [2.45, 2.75) is 0 Å². The Bertz CT molecular complexity index is 841. The zero-order valence-corrected chi connectivity index (χ0v) is 13.6. The summed E-state index contributed by atoms with van der Waals surface area (Å²) in [5, 5.41) is 18.2. The Morgan fingerprint density at radius 2 is 2.04 bits per heavy atom. The molecule has 6 nitrogen and oxygen atoms in total. The summed E-state index contributed by atoms with van der Waals surface area (Å²) in [6.45, 7) is 0. The fourth-order valence-corrected chi connectivity index (χ4v) is 2.97. The molecule has 114 valence electrons. The van der Waals surface area contributed by atoms with Crippen LogP contribution in [0.5, 0.6) is 0 Å². The molecule has 3 rings (SSSR count). The highest BCUT2D eigenvalue weighted by atomic mass is 35.5. The van der Waals surface area contributed by atoms with Crippen LogP contribution in [0.25, 0.3) is 11.3 Å². The van der Waals surface area contributed by atoms with E-state index >= 15 is 0 Å². The number of nitrogens with one attached hydrogen (secondary N) is 2. The zero-order chi connectivity index (χ0) is 16.2. The molecular weight excluding hydrogens is 332 g/mol. The quantitative estimate of drug-likeness (QED) is 0.829. The number of hydrogen-bond donors (Lipinski definition) is 2. The minimum Gasteiger partial charge on any atom is -0.357 e. The molecule has 8 heteroatoms. The molecule has 2 aromatic rings. The molecule has 0 saturated heterocycles. The van der Waals surface area contributed by atoms with Gasteiger partial charge in [-0.15, -0.1) is 0 Å². The van der Waals surface area contributed by atoms with E-state index in [0.29, 0.717) is 16.6 Å². The van der Waals surface area contributed by atoms with Gasteiger partial charge in [-0.1, -0.05) is 42.1 Å². The summed E-state index contributed by atoms with van der Waals surface area (Å²) in [6, 6.07) is 12.0. The number of halogens is 1. The van der Waals surface area contributed by atoms with Crippen LogP contribution < -0.4 is 10.6 Å². The van der Waals surface area contributed by atoms with Crippen molar-refractivity contribution in [3.8, 4) is 6.07 Å². The molecule has 23 heavy (non-hydrogen) atoms. The second kappa shape index (κ2) is 6.69. The molecule has 0 saturated carbocycles. The van der Waals surface area contributed by atoms with E-state index in [0.717, 1.165) is 11.3 Å². The molecule has 0 atom stereocenters. The van der Waals surface area contributed by atoms with Crippen LogP contribution >= 0.6 is 23.4 Å². The van der Waals surface area contributed by atoms with E-state index in [4.69, 9.17) is 11.6 Å². The van der Waals surface area contributed by atoms with Gasteiger partial charge in [-0.2, -0.15) is 20.2 Å². The third kappa shape index (κ3) is 3.28. The maximum Gasteiger partial charge on any atom is 0.227 e. The van der Waals surface area contributed by atoms with E-state index in [1.165, 1.54) is 11.8 Å². The van der Waals surface area contributed by atoms with E-state index in [-0.39, 0.29) is 11.1 Å². The first-order valence-corrected chi connectivity index (χ1v) is 7.90. The second-order valence-corrected chi connectivity index (χ2v) is 5.68. The van der Waals surface area contributed by atoms with Crippen molar-refractivity contribution < 1.29 is 0 Å². The molecular formula is C15H11ClN6S. The fourth-order valence-electron chi connectivity index (χ4n) is 1.95. The largest absolute Gasteiger partial charge is 0.357 e. The van der Waals surface area contributed by atoms with E-state index in [1.54, 1.807) is 7.05 Å². The molecule has 0 spiro atoms. The lowest BCUT2D eigenvalue weighted by Gasteiger charge is -2.07. The molecule has 0 aliphatic carbocycles. The molecule has 2 heterocycles. The van der Waals surface area contributed by atoms with Gasteiger partial charge in [0.2, 0.25) is 11.2 Å². The van der Waals surface area contributed by atoms with E-state index in [1.807, 2.05) is 35.7 Å². The number of hydrogen-bond acceptors (Lipinski definition) is 7. The van der Waals surface area contributed by atoms with Crippen LogP contribution in [-0.4, -0.2) is 22.0 Å². The summed E-state index contributed by atoms with van der Waals surface area (Å²) in [4.78, 5) is 12.2. The van der Waals surface area contributed by atoms with Crippen molar-refractivity contribution >= 4 is 40.6 Å². The van der Waals surface area contributed by atoms with Gasteiger partial charge in [0.1, 0.15) is 11.6 Å². The Morgan fingerprint density at radius 1 is 1.26 bits per heavy atom. The van der Waals surface area contributed by atoms with Gasteiger partial charge in [0, 0.05) is 12.5 Å². The topological polar surface area (TPSA) is 86.5 Å². The summed E-state index contributed by atoms with van der Waals surface area (Å²) in [5.41, 5.74) is 2.28. The van der Waals surface area contributed by atoms with E-state index in [2.05, 4.69) is 31.7 Å². The van der Waals surface area contributed by atoms with Gasteiger partial charge < -0.3 is 10.6 Å². The van der Waals surface area contributed by atoms with E-state index in [9.17, 15) is 5.26 Å². The lowest BCUT2D eigenvalue weighted by Crippen LogP contribution is -2.09. The minimum absolute atomic E-state index is 0.0342. The lowest BCUT2D eigenvalue weighted by molar-refractivity contribution is 1.02. The maximum atomic E-state index is 9.50. The summed E-state index contributed by atoms with van der Waals surface area (Å²) in [6.07, 6.45) is 0. The molecule has 0 radical (unpaired) electrons. The first-order valence-electron chi connectivity index (χ1n) is 6.64. The van der Waals surface area contributed by atoms with Crippen molar-refractivity contribution in [3.63, 3.8) is 0 Å². The number of nitrogens with zero attached hydrogens (tertiary/aromatic N) is 4. The summed E-state index contributed by atoms with van der Waals surface area (Å²) in [7, 11) is 1.67. The van der Waals surface area contributed by atoms with Gasteiger partial charge in [-0.25, -0.2) is 0 Å². The van der Waals surface area contributed by atoms with Crippen LogP contribution in [0.1, 0.15) is 11.4 Å². The van der Waals surface area contributed by atoms with Crippen molar-refractivity contribution in [1.82, 2.24) is 20.3 Å². The Labute approximate surface area is 142 Å². The Balaban J connectivity index is 1.95. The Morgan fingerprint density at radius 3 is 2.74 bits per heavy atom. The zero-order valence-electron chi connectivity index (χ0n) is 12.0. The molecule has 1 aliphatic rings. The smallest absolute Gasteiger partial charge is 0.227 e. The third-order valence-corrected chi connectivity index (χ3v) is 4.09. The molecule has 1 aliphatic heterocycles. The van der Waals surface area contributed by atoms with Crippen LogP contribution in [-0.2, 0) is 0 Å². The monoisotopic (exact) mass is 342 g/mol. The molecule has 0 bridgehead atoms. The molecule has 2 N–H and O–H groups in total. The van der Waals surface area contributed by atoms with Gasteiger partial charge in [0.05, 0.1) is 10.7 Å². The van der Waals surface area contributed by atoms with Crippen LogP contribution in [0.3, 0.4) is 0 Å². The second-order valence-electron chi connectivity index (χ2n) is 4.46. The van der Waals surface area contributed by atoms with Gasteiger partial charge in [-0.05, 0) is 17.2 Å². The molecule has 0 fully saturated rings. The number of aromatic nitrogens is 3. The number of thioether (sulfide) groups is 1. The molecule has 0 amide bonds. The van der Waals surface area contributed by atoms with Gasteiger partial charge in [-0.3, -0.25) is 0 Å². The van der Waals surface area contributed by atoms with Crippen LogP contribution in [0.2, 0.25) is 5.28 Å². The predicted molar refractivity (Wildman–Crippen MR) is 92.1 cm³/mol. The molecule has 0 unspecified atom stereocenters. The van der Waals surface area contributed by atoms with Crippen molar-refractivity contribution in [1.29, 1.82) is 5.26 Å². The summed E-state index contributed by atoms with van der Waals surface area (Å²) >= 11 is 7.30. The van der Waals surface area contributed by atoms with Crippen LogP contribution in [0.4, 0.5) is 5.95 Å². The average Bonchev–Trinajstić information content (AvgIpc) is 3.05. The van der Waals surface area contributed by atoms with Crippen molar-refractivity contribution in [3.05, 3.63) is 57.4 Å². The summed E-state index contributed by atoms with van der Waals surface area (Å²) in [5.74, 6) is 0.544. The summed E-state index contributed by atoms with van der Waals surface area (Å²) < 4.78 is 0. The standard InChI is InChI=1S/C15H11ClN6S/c1-18-15-21-12(20-14(16)22-15)10(7-17)13-19-11(8-23-13)9-5-3-2-4-6-9/h2-6,8,19H,1H3,(H,18,20,21,22). The molecule has 1 aromatic heterocycles. The highest BCUT2D eigenvalue weighted by molar-refractivity contribution is 8.06. The fraction of sp³-hybridized carbons (Fsp3) is 0.0667. The first kappa shape index (κ1) is 15.3. The SMILES string of the molecule is CNc1nc(Cl)nc(C(C#N)=C2NC(c3ccccc3)=CS2)n1. The average molecular weight is 343 g/mol. The highest BCUT2D eigenvalue weighted by Gasteiger charge is 2.20. The minimum atomic E-state index is 0.0342. The molecule has 1 aromatic carbocycles. The number of allylic oxidation sites excluding steroid dienone is 1. The van der Waals surface area contributed by atoms with Crippen LogP contribution in [0.15, 0.2) is 40.8 Å². The van der Waals surface area contributed by atoms with Gasteiger partial charge >= 0.3 is 0 Å². The third-order valence-electron chi connectivity index (χ3n) is 3.02. The Hall–Kier alpha value is -2.56. The van der Waals surface area contributed by atoms with Crippen molar-refractivity contribution in [2.75, 3.05) is 12.4 Å². The number of nitriles is 1. The van der Waals surface area contributed by atoms with Crippen LogP contribution in [0, 0.1) is 11.3 Å². The highest BCUT2D eigenvalue weighted by Crippen LogP contribution is 2.34.